The van der Waals surface area contributed by atoms with Gasteiger partial charge in [0.05, 0.1) is 6.61 Å². The lowest BCUT2D eigenvalue weighted by Crippen LogP contribution is -1.90. The van der Waals surface area contributed by atoms with E-state index in [2.05, 4.69) is 29.4 Å². The molecule has 0 aromatic carbocycles. The maximum absolute atomic E-state index is 4.84. The fraction of sp³-hybridized carbons (Fsp3) is 0.400. The fourth-order valence-corrected chi connectivity index (χ4v) is 0.345. The molecule has 0 fully saturated rings. The Morgan fingerprint density at radius 1 is 1.71 bits per heavy atom. The van der Waals surface area contributed by atoms with E-state index in [1.807, 2.05) is 0 Å². The third kappa shape index (κ3) is 6.18. The zero-order chi connectivity index (χ0) is 5.70. The highest BCUT2D eigenvalue weighted by Crippen LogP contribution is 1.98. The molecular formula is C5H8BrO. The minimum Gasteiger partial charge on any atom is -0.376 e. The highest BCUT2D eigenvalue weighted by molar-refractivity contribution is 9.11. The van der Waals surface area contributed by atoms with Crippen LogP contribution in [-0.2, 0) is 4.74 Å². The Bertz CT molecular complexity index is 61.1. The predicted octanol–water partition coefficient (Wildman–Crippen LogP) is 1.75. The standard InChI is InChI=1S/C5H8BrO/c1-3-7-4-5(2)6/h1-4H2. The molecule has 0 aliphatic rings. The van der Waals surface area contributed by atoms with E-state index >= 15 is 0 Å². The fourth-order valence-electron chi connectivity index (χ4n) is 0.183. The summed E-state index contributed by atoms with van der Waals surface area (Å²) in [6, 6.07) is 0. The predicted molar refractivity (Wildman–Crippen MR) is 34.2 cm³/mol. The Morgan fingerprint density at radius 2 is 2.29 bits per heavy atom. The topological polar surface area (TPSA) is 9.23 Å². The third-order valence-corrected chi connectivity index (χ3v) is 0.632. The molecule has 0 aromatic heterocycles. The zero-order valence-corrected chi connectivity index (χ0v) is 5.70. The van der Waals surface area contributed by atoms with Gasteiger partial charge < -0.3 is 4.74 Å². The average Bonchev–Trinajstić information content (AvgIpc) is 1.61. The summed E-state index contributed by atoms with van der Waals surface area (Å²) < 4.78 is 5.69. The lowest BCUT2D eigenvalue weighted by molar-refractivity contribution is 0.191. The van der Waals surface area contributed by atoms with Gasteiger partial charge in [0.1, 0.15) is 0 Å². The molecule has 0 spiro atoms. The van der Waals surface area contributed by atoms with Crippen LogP contribution in [0.5, 0.6) is 0 Å². The van der Waals surface area contributed by atoms with E-state index in [0.717, 1.165) is 4.48 Å². The van der Waals surface area contributed by atoms with Gasteiger partial charge in [0, 0.05) is 11.1 Å². The lowest BCUT2D eigenvalue weighted by atomic mass is 10.7. The minimum absolute atomic E-state index is 0.505. The van der Waals surface area contributed by atoms with Crippen LogP contribution >= 0.6 is 15.9 Å². The van der Waals surface area contributed by atoms with Gasteiger partial charge in [-0.05, 0) is 6.92 Å². The van der Waals surface area contributed by atoms with Gasteiger partial charge in [-0.1, -0.05) is 22.5 Å². The van der Waals surface area contributed by atoms with Crippen LogP contribution in [-0.4, -0.2) is 13.2 Å². The van der Waals surface area contributed by atoms with Crippen molar-refractivity contribution in [2.45, 2.75) is 0 Å². The van der Waals surface area contributed by atoms with Crippen LogP contribution in [0.4, 0.5) is 0 Å². The van der Waals surface area contributed by atoms with Crippen LogP contribution < -0.4 is 0 Å². The molecule has 0 saturated carbocycles. The van der Waals surface area contributed by atoms with Crippen LogP contribution in [0.2, 0.25) is 0 Å². The minimum atomic E-state index is 0.505. The molecule has 0 rings (SSSR count). The molecule has 0 heterocycles. The van der Waals surface area contributed by atoms with Gasteiger partial charge in [-0.25, -0.2) is 0 Å². The Morgan fingerprint density at radius 3 is 2.43 bits per heavy atom. The molecule has 0 bridgehead atoms. The maximum Gasteiger partial charge on any atom is 0.0775 e. The van der Waals surface area contributed by atoms with Crippen LogP contribution in [0, 0.1) is 6.92 Å². The van der Waals surface area contributed by atoms with Crippen molar-refractivity contribution in [1.29, 1.82) is 0 Å². The number of ether oxygens (including phenoxy) is 1. The second kappa shape index (κ2) is 4.34. The number of halogens is 1. The molecule has 1 radical (unpaired) electrons. The van der Waals surface area contributed by atoms with Gasteiger partial charge in [0.25, 0.3) is 0 Å². The third-order valence-electron chi connectivity index (χ3n) is 0.403. The summed E-state index contributed by atoms with van der Waals surface area (Å²) in [7, 11) is 0. The summed E-state index contributed by atoms with van der Waals surface area (Å²) in [5.41, 5.74) is 0. The van der Waals surface area contributed by atoms with Crippen molar-refractivity contribution in [2.75, 3.05) is 13.2 Å². The van der Waals surface area contributed by atoms with E-state index in [1.165, 1.54) is 0 Å². The van der Waals surface area contributed by atoms with Crippen molar-refractivity contribution in [3.8, 4) is 0 Å². The van der Waals surface area contributed by atoms with Crippen molar-refractivity contribution >= 4 is 15.9 Å². The molecule has 0 amide bonds. The van der Waals surface area contributed by atoms with Gasteiger partial charge in [-0.3, -0.25) is 0 Å². The van der Waals surface area contributed by atoms with Crippen LogP contribution in [0.25, 0.3) is 0 Å². The zero-order valence-electron chi connectivity index (χ0n) is 4.11. The molecule has 0 aromatic rings. The van der Waals surface area contributed by atoms with Crippen molar-refractivity contribution in [3.05, 3.63) is 18.0 Å². The molecule has 0 saturated heterocycles. The second-order valence-electron chi connectivity index (χ2n) is 1.07. The second-order valence-corrected chi connectivity index (χ2v) is 2.19. The van der Waals surface area contributed by atoms with Crippen molar-refractivity contribution in [1.82, 2.24) is 0 Å². The summed E-state index contributed by atoms with van der Waals surface area (Å²) >= 11 is 3.13. The Hall–Kier alpha value is 0.180. The Balaban J connectivity index is 2.82. The van der Waals surface area contributed by atoms with Crippen molar-refractivity contribution in [2.24, 2.45) is 0 Å². The molecule has 0 unspecified atom stereocenters. The first-order valence-corrected chi connectivity index (χ1v) is 2.77. The molecule has 0 atom stereocenters. The van der Waals surface area contributed by atoms with Gasteiger partial charge in [-0.2, -0.15) is 0 Å². The summed E-state index contributed by atoms with van der Waals surface area (Å²) in [4.78, 5) is 0. The molecular weight excluding hydrogens is 156 g/mol. The van der Waals surface area contributed by atoms with Crippen LogP contribution in [0.15, 0.2) is 11.1 Å². The first-order chi connectivity index (χ1) is 3.27. The molecule has 0 N–H and O–H groups in total. The summed E-state index contributed by atoms with van der Waals surface area (Å²) in [5.74, 6) is 0. The molecule has 0 aliphatic carbocycles. The smallest absolute Gasteiger partial charge is 0.0775 e. The first-order valence-electron chi connectivity index (χ1n) is 1.97. The molecule has 1 nitrogen and oxygen atoms in total. The summed E-state index contributed by atoms with van der Waals surface area (Å²) in [6.45, 7) is 8.09. The average molecular weight is 164 g/mol. The number of hydrogen-bond donors (Lipinski definition) is 0. The normalized spacial score (nSPS) is 8.86. The van der Waals surface area contributed by atoms with E-state index in [1.54, 1.807) is 0 Å². The van der Waals surface area contributed by atoms with Gasteiger partial charge in [0.15, 0.2) is 0 Å². The van der Waals surface area contributed by atoms with E-state index in [4.69, 9.17) is 4.74 Å². The van der Waals surface area contributed by atoms with E-state index < -0.39 is 0 Å². The van der Waals surface area contributed by atoms with Crippen molar-refractivity contribution in [3.63, 3.8) is 0 Å². The van der Waals surface area contributed by atoms with Crippen LogP contribution in [0.3, 0.4) is 0 Å². The van der Waals surface area contributed by atoms with E-state index in [9.17, 15) is 0 Å². The molecule has 2 heteroatoms. The SMILES string of the molecule is [CH2]COCC(=C)Br. The van der Waals surface area contributed by atoms with E-state index in [-0.39, 0.29) is 0 Å². The van der Waals surface area contributed by atoms with Crippen LogP contribution in [0.1, 0.15) is 0 Å². The van der Waals surface area contributed by atoms with Gasteiger partial charge >= 0.3 is 0 Å². The largest absolute Gasteiger partial charge is 0.376 e. The quantitative estimate of drug-likeness (QED) is 0.617. The molecule has 7 heavy (non-hydrogen) atoms. The summed E-state index contributed by atoms with van der Waals surface area (Å²) in [6.07, 6.45) is 0. The monoisotopic (exact) mass is 163 g/mol. The molecule has 0 aliphatic heterocycles. The van der Waals surface area contributed by atoms with Gasteiger partial charge in [0.2, 0.25) is 0 Å². The van der Waals surface area contributed by atoms with Crippen molar-refractivity contribution < 1.29 is 4.74 Å². The first kappa shape index (κ1) is 7.18. The number of hydrogen-bond acceptors (Lipinski definition) is 1. The Kier molecular flexibility index (Phi) is 4.45. The molecule has 41 valence electrons. The van der Waals surface area contributed by atoms with E-state index in [0.29, 0.717) is 13.2 Å². The van der Waals surface area contributed by atoms with Gasteiger partial charge in [-0.15, -0.1) is 0 Å². The highest BCUT2D eigenvalue weighted by atomic mass is 79.9. The maximum atomic E-state index is 4.84. The lowest BCUT2D eigenvalue weighted by Gasteiger charge is -1.94. The Labute approximate surface area is 52.5 Å². The number of rotatable bonds is 3. The highest BCUT2D eigenvalue weighted by Gasteiger charge is 1.81. The summed E-state index contributed by atoms with van der Waals surface area (Å²) in [5, 5.41) is 0.